The third-order valence-corrected chi connectivity index (χ3v) is 10.9. The Balaban J connectivity index is 0.00000141. The number of rotatable bonds is 19. The van der Waals surface area contributed by atoms with Crippen molar-refractivity contribution in [3.63, 3.8) is 0 Å². The van der Waals surface area contributed by atoms with Crippen LogP contribution in [0.25, 0.3) is 0 Å². The largest absolute Gasteiger partial charge is 0.490 e. The fourth-order valence-electron chi connectivity index (χ4n) is 5.80. The zero-order chi connectivity index (χ0) is 42.1. The molecule has 56 heavy (non-hydrogen) atoms. The Hall–Kier alpha value is -4.61. The molecule has 0 bridgehead atoms. The molecule has 0 aliphatic carbocycles. The SMILES string of the molecule is CCCC(CCC)S(=O)(=O)CC(NC(=O)NCc1ccccc1)C(=O)N(Cc1cccc(CC)c1)C[C@@H](O)[C@@H](N)Cc1cc(F)cc(F)c1.O=C(O)C(F)(F)F. The molecule has 3 aromatic rings. The molecule has 0 aliphatic heterocycles. The van der Waals surface area contributed by atoms with Gasteiger partial charge in [0.15, 0.2) is 9.84 Å². The molecule has 0 spiro atoms. The van der Waals surface area contributed by atoms with Crippen LogP contribution < -0.4 is 16.4 Å². The Kier molecular flexibility index (Phi) is 19.4. The molecule has 0 saturated heterocycles. The highest BCUT2D eigenvalue weighted by Gasteiger charge is 2.38. The molecule has 0 aliphatic rings. The number of aliphatic carboxylic acids is 1. The zero-order valence-corrected chi connectivity index (χ0v) is 32.4. The van der Waals surface area contributed by atoms with Crippen molar-refractivity contribution in [2.75, 3.05) is 12.3 Å². The van der Waals surface area contributed by atoms with Gasteiger partial charge >= 0.3 is 18.2 Å². The second-order valence-corrected chi connectivity index (χ2v) is 15.6. The molecule has 6 N–H and O–H groups in total. The molecular weight excluding hydrogens is 764 g/mol. The number of carboxylic acid groups (broad SMARTS) is 1. The molecule has 3 atom stereocenters. The van der Waals surface area contributed by atoms with E-state index in [2.05, 4.69) is 10.6 Å². The van der Waals surface area contributed by atoms with Crippen LogP contribution in [0.2, 0.25) is 0 Å². The van der Waals surface area contributed by atoms with Crippen molar-refractivity contribution in [3.8, 4) is 0 Å². The number of alkyl halides is 3. The van der Waals surface area contributed by atoms with Crippen LogP contribution in [-0.2, 0) is 45.4 Å². The van der Waals surface area contributed by atoms with Gasteiger partial charge in [-0.3, -0.25) is 4.79 Å². The molecule has 0 fully saturated rings. The fraction of sp³-hybridized carbons (Fsp3) is 0.462. The second kappa shape index (κ2) is 22.8. The number of hydrogen-bond acceptors (Lipinski definition) is 7. The first-order chi connectivity index (χ1) is 26.3. The van der Waals surface area contributed by atoms with Gasteiger partial charge in [-0.25, -0.2) is 26.8 Å². The zero-order valence-electron chi connectivity index (χ0n) is 31.6. The van der Waals surface area contributed by atoms with Crippen LogP contribution in [0.15, 0.2) is 72.8 Å². The normalized spacial score (nSPS) is 13.2. The number of benzene rings is 3. The Bertz CT molecular complexity index is 1790. The standard InChI is InChI=1S/C37H50F2N4O5S.C2HF3O2/c1-4-11-32(12-5-2)49(47,48)25-34(42-37(46)41-22-27-13-8-7-9-14-27)36(45)43(23-28-16-10-15-26(6-3)17-28)24-35(44)33(40)20-29-18-30(38)21-31(39)19-29;3-2(4,5)1(6)7/h7-10,13-19,21,32-35,44H,4-6,11-12,20,22-25,40H2,1-3H3,(H2,41,42,46);(H,6,7)/t33-,34?,35+;/m0./s1. The van der Waals surface area contributed by atoms with Gasteiger partial charge in [0.2, 0.25) is 5.91 Å². The lowest BCUT2D eigenvalue weighted by atomic mass is 10.0. The first-order valence-electron chi connectivity index (χ1n) is 18.1. The van der Waals surface area contributed by atoms with Crippen LogP contribution in [0.5, 0.6) is 0 Å². The molecule has 0 saturated carbocycles. The molecule has 0 radical (unpaired) electrons. The average Bonchev–Trinajstić information content (AvgIpc) is 3.12. The minimum Gasteiger partial charge on any atom is -0.475 e. The third kappa shape index (κ3) is 16.6. The summed E-state index contributed by atoms with van der Waals surface area (Å²) in [6, 6.07) is 16.4. The highest BCUT2D eigenvalue weighted by molar-refractivity contribution is 7.92. The van der Waals surface area contributed by atoms with Crippen LogP contribution in [0.1, 0.15) is 68.7 Å². The average molecular weight is 815 g/mol. The smallest absolute Gasteiger partial charge is 0.475 e. The van der Waals surface area contributed by atoms with E-state index in [9.17, 15) is 45.1 Å². The van der Waals surface area contributed by atoms with E-state index in [0.29, 0.717) is 25.7 Å². The number of hydrogen-bond donors (Lipinski definition) is 5. The Morgan fingerprint density at radius 3 is 1.93 bits per heavy atom. The van der Waals surface area contributed by atoms with Gasteiger partial charge in [0.1, 0.15) is 17.7 Å². The molecule has 3 rings (SSSR count). The monoisotopic (exact) mass is 814 g/mol. The summed E-state index contributed by atoms with van der Waals surface area (Å²) < 4.78 is 87.0. The van der Waals surface area contributed by atoms with Gasteiger partial charge in [-0.1, -0.05) is 88.2 Å². The first kappa shape index (κ1) is 47.5. The molecule has 1 unspecified atom stereocenters. The minimum absolute atomic E-state index is 0.0116. The lowest BCUT2D eigenvalue weighted by Crippen LogP contribution is -2.56. The third-order valence-electron chi connectivity index (χ3n) is 8.65. The minimum atomic E-state index is -5.08. The van der Waals surface area contributed by atoms with Gasteiger partial charge in [0.25, 0.3) is 0 Å². The highest BCUT2D eigenvalue weighted by atomic mass is 32.2. The van der Waals surface area contributed by atoms with Crippen LogP contribution in [0, 0.1) is 11.6 Å². The summed E-state index contributed by atoms with van der Waals surface area (Å²) in [6.07, 6.45) is -3.70. The maximum Gasteiger partial charge on any atom is 0.490 e. The number of halogens is 5. The maximum atomic E-state index is 14.4. The number of sulfone groups is 1. The van der Waals surface area contributed by atoms with Gasteiger partial charge < -0.3 is 31.5 Å². The summed E-state index contributed by atoms with van der Waals surface area (Å²) in [5.41, 5.74) is 9.07. The number of amides is 3. The summed E-state index contributed by atoms with van der Waals surface area (Å²) in [4.78, 5) is 37.8. The lowest BCUT2D eigenvalue weighted by molar-refractivity contribution is -0.192. The Morgan fingerprint density at radius 2 is 1.39 bits per heavy atom. The molecular formula is C39H51F5N4O7S. The summed E-state index contributed by atoms with van der Waals surface area (Å²) in [5, 5.41) is 23.0. The maximum absolute atomic E-state index is 14.4. The molecule has 0 heterocycles. The Labute approximate surface area is 324 Å². The van der Waals surface area contributed by atoms with E-state index >= 15 is 0 Å². The molecule has 11 nitrogen and oxygen atoms in total. The Morgan fingerprint density at radius 1 is 0.839 bits per heavy atom. The van der Waals surface area contributed by atoms with Crippen LogP contribution in [-0.4, -0.2) is 83.3 Å². The van der Waals surface area contributed by atoms with E-state index in [0.717, 1.165) is 41.3 Å². The van der Waals surface area contributed by atoms with E-state index in [4.69, 9.17) is 15.6 Å². The van der Waals surface area contributed by atoms with Gasteiger partial charge in [0.05, 0.1) is 17.1 Å². The van der Waals surface area contributed by atoms with Crippen LogP contribution in [0.3, 0.4) is 0 Å². The first-order valence-corrected chi connectivity index (χ1v) is 19.9. The van der Waals surface area contributed by atoms with Gasteiger partial charge in [-0.15, -0.1) is 0 Å². The number of carboxylic acids is 1. The summed E-state index contributed by atoms with van der Waals surface area (Å²) in [6.45, 7) is 5.59. The second-order valence-electron chi connectivity index (χ2n) is 13.3. The highest BCUT2D eigenvalue weighted by Crippen LogP contribution is 2.20. The molecule has 0 aromatic heterocycles. The number of nitrogens with zero attached hydrogens (tertiary/aromatic N) is 1. The van der Waals surface area contributed by atoms with E-state index in [1.54, 1.807) is 0 Å². The topological polar surface area (TPSA) is 179 Å². The van der Waals surface area contributed by atoms with Crippen molar-refractivity contribution in [1.82, 2.24) is 15.5 Å². The summed E-state index contributed by atoms with van der Waals surface area (Å²) in [5.74, 6) is -5.67. The number of nitrogens with one attached hydrogen (secondary N) is 2. The van der Waals surface area contributed by atoms with E-state index in [1.165, 1.54) is 4.90 Å². The van der Waals surface area contributed by atoms with Gasteiger partial charge in [0, 0.05) is 31.7 Å². The van der Waals surface area contributed by atoms with Crippen molar-refractivity contribution in [2.24, 2.45) is 5.73 Å². The van der Waals surface area contributed by atoms with E-state index in [1.807, 2.05) is 75.4 Å². The van der Waals surface area contributed by atoms with Crippen molar-refractivity contribution < 1.29 is 55.0 Å². The number of carbonyl (C=O) groups is 3. The number of carbonyl (C=O) groups excluding carboxylic acids is 2. The fourth-order valence-corrected chi connectivity index (χ4v) is 7.95. The molecule has 310 valence electrons. The molecule has 17 heteroatoms. The number of aliphatic hydroxyl groups excluding tert-OH is 1. The van der Waals surface area contributed by atoms with Crippen LogP contribution >= 0.6 is 0 Å². The summed E-state index contributed by atoms with van der Waals surface area (Å²) in [7, 11) is -3.86. The molecule has 3 aromatic carbocycles. The van der Waals surface area contributed by atoms with Gasteiger partial charge in [-0.05, 0) is 60.1 Å². The van der Waals surface area contributed by atoms with Crippen LogP contribution in [0.4, 0.5) is 26.7 Å². The predicted octanol–water partition coefficient (Wildman–Crippen LogP) is 5.67. The van der Waals surface area contributed by atoms with Crippen molar-refractivity contribution >= 4 is 27.7 Å². The number of urea groups is 1. The van der Waals surface area contributed by atoms with E-state index < -0.39 is 74.7 Å². The molecule has 3 amide bonds. The number of aliphatic hydroxyl groups is 1. The lowest BCUT2D eigenvalue weighted by Gasteiger charge is -2.32. The van der Waals surface area contributed by atoms with Gasteiger partial charge in [-0.2, -0.15) is 13.2 Å². The number of nitrogens with two attached hydrogens (primary N) is 1. The number of aryl methyl sites for hydroxylation is 1. The quantitative estimate of drug-likeness (QED) is 0.0961. The van der Waals surface area contributed by atoms with Crippen molar-refractivity contribution in [2.45, 2.75) is 102 Å². The van der Waals surface area contributed by atoms with E-state index in [-0.39, 0.29) is 31.6 Å². The van der Waals surface area contributed by atoms with Crippen molar-refractivity contribution in [1.29, 1.82) is 0 Å². The predicted molar refractivity (Wildman–Crippen MR) is 202 cm³/mol. The van der Waals surface area contributed by atoms with Crippen molar-refractivity contribution in [3.05, 3.63) is 107 Å². The summed E-state index contributed by atoms with van der Waals surface area (Å²) >= 11 is 0.